The van der Waals surface area contributed by atoms with E-state index in [4.69, 9.17) is 4.74 Å². The zero-order valence-electron chi connectivity index (χ0n) is 12.5. The molecule has 1 aromatic rings. The molecular formula is C18H24BrNO. The van der Waals surface area contributed by atoms with Gasteiger partial charge in [0.2, 0.25) is 0 Å². The van der Waals surface area contributed by atoms with Gasteiger partial charge < -0.3 is 10.1 Å². The van der Waals surface area contributed by atoms with Gasteiger partial charge in [-0.15, -0.1) is 0 Å². The van der Waals surface area contributed by atoms with Gasteiger partial charge in [0, 0.05) is 12.6 Å². The predicted molar refractivity (Wildman–Crippen MR) is 88.4 cm³/mol. The first-order valence-electron chi connectivity index (χ1n) is 8.42. The second-order valence-corrected chi connectivity index (χ2v) is 8.02. The summed E-state index contributed by atoms with van der Waals surface area (Å²) in [7, 11) is 0. The van der Waals surface area contributed by atoms with Crippen molar-refractivity contribution in [1.82, 2.24) is 5.32 Å². The highest BCUT2D eigenvalue weighted by Crippen LogP contribution is 2.48. The van der Waals surface area contributed by atoms with Crippen LogP contribution in [0, 0.1) is 17.8 Å². The van der Waals surface area contributed by atoms with Crippen LogP contribution >= 0.6 is 15.9 Å². The number of rotatable bonds is 6. The molecule has 2 nitrogen and oxygen atoms in total. The third kappa shape index (κ3) is 3.29. The quantitative estimate of drug-likeness (QED) is 0.815. The number of hydrogen-bond acceptors (Lipinski definition) is 2. The lowest BCUT2D eigenvalue weighted by Gasteiger charge is -2.22. The molecule has 3 atom stereocenters. The second-order valence-electron chi connectivity index (χ2n) is 7.17. The van der Waals surface area contributed by atoms with Crippen LogP contribution in [-0.2, 0) is 6.54 Å². The van der Waals surface area contributed by atoms with Crippen LogP contribution in [-0.4, -0.2) is 12.6 Å². The number of halogens is 1. The van der Waals surface area contributed by atoms with Gasteiger partial charge in [0.15, 0.2) is 0 Å². The van der Waals surface area contributed by atoms with Crippen molar-refractivity contribution < 1.29 is 4.74 Å². The molecule has 3 heteroatoms. The van der Waals surface area contributed by atoms with Gasteiger partial charge in [0.25, 0.3) is 0 Å². The Morgan fingerprint density at radius 2 is 2.05 bits per heavy atom. The van der Waals surface area contributed by atoms with E-state index in [1.807, 2.05) is 0 Å². The van der Waals surface area contributed by atoms with Crippen molar-refractivity contribution in [2.45, 2.75) is 51.1 Å². The minimum Gasteiger partial charge on any atom is -0.492 e. The lowest BCUT2D eigenvalue weighted by molar-refractivity contribution is 0.194. The maximum Gasteiger partial charge on any atom is 0.133 e. The Balaban J connectivity index is 1.32. The first-order chi connectivity index (χ1) is 10.3. The second kappa shape index (κ2) is 5.92. The highest BCUT2D eigenvalue weighted by atomic mass is 79.9. The number of benzene rings is 1. The van der Waals surface area contributed by atoms with E-state index in [0.29, 0.717) is 0 Å². The first kappa shape index (κ1) is 14.1. The van der Waals surface area contributed by atoms with Crippen molar-refractivity contribution in [1.29, 1.82) is 0 Å². The number of ether oxygens (including phenoxy) is 1. The fraction of sp³-hybridized carbons (Fsp3) is 0.667. The molecule has 0 aliphatic heterocycles. The monoisotopic (exact) mass is 349 g/mol. The van der Waals surface area contributed by atoms with E-state index < -0.39 is 0 Å². The molecule has 3 aliphatic rings. The lowest BCUT2D eigenvalue weighted by Crippen LogP contribution is -2.18. The van der Waals surface area contributed by atoms with E-state index in [0.717, 1.165) is 47.2 Å². The molecule has 1 aromatic carbocycles. The van der Waals surface area contributed by atoms with E-state index in [2.05, 4.69) is 39.4 Å². The summed E-state index contributed by atoms with van der Waals surface area (Å²) in [6, 6.07) is 7.28. The molecule has 21 heavy (non-hydrogen) atoms. The van der Waals surface area contributed by atoms with Crippen LogP contribution in [0.5, 0.6) is 5.75 Å². The highest BCUT2D eigenvalue weighted by molar-refractivity contribution is 9.10. The van der Waals surface area contributed by atoms with Crippen molar-refractivity contribution in [2.75, 3.05) is 6.61 Å². The Hall–Kier alpha value is -0.540. The Labute approximate surface area is 135 Å². The zero-order valence-corrected chi connectivity index (χ0v) is 14.1. The van der Waals surface area contributed by atoms with E-state index >= 15 is 0 Å². The molecule has 3 saturated carbocycles. The summed E-state index contributed by atoms with van der Waals surface area (Å²) in [5.41, 5.74) is 1.33. The van der Waals surface area contributed by atoms with Gasteiger partial charge >= 0.3 is 0 Å². The molecule has 0 heterocycles. The van der Waals surface area contributed by atoms with Crippen LogP contribution in [0.25, 0.3) is 0 Å². The molecule has 4 rings (SSSR count). The summed E-state index contributed by atoms with van der Waals surface area (Å²) in [5.74, 6) is 3.75. The molecule has 0 spiro atoms. The molecule has 0 amide bonds. The largest absolute Gasteiger partial charge is 0.492 e. The van der Waals surface area contributed by atoms with Gasteiger partial charge in [0.05, 0.1) is 11.1 Å². The number of fused-ring (bicyclic) bond motifs is 2. The number of hydrogen-bond donors (Lipinski definition) is 1. The van der Waals surface area contributed by atoms with Crippen LogP contribution in [0.3, 0.4) is 0 Å². The van der Waals surface area contributed by atoms with Crippen molar-refractivity contribution in [2.24, 2.45) is 17.8 Å². The molecule has 3 aliphatic carbocycles. The van der Waals surface area contributed by atoms with Crippen LogP contribution in [0.2, 0.25) is 0 Å². The van der Waals surface area contributed by atoms with E-state index in [1.165, 1.54) is 44.1 Å². The summed E-state index contributed by atoms with van der Waals surface area (Å²) < 4.78 is 7.20. The molecule has 2 bridgehead atoms. The lowest BCUT2D eigenvalue weighted by atomic mass is 9.89. The van der Waals surface area contributed by atoms with Crippen LogP contribution in [0.15, 0.2) is 22.7 Å². The molecule has 114 valence electrons. The minimum absolute atomic E-state index is 0.762. The molecule has 3 fully saturated rings. The maximum absolute atomic E-state index is 6.10. The van der Waals surface area contributed by atoms with Crippen LogP contribution < -0.4 is 10.1 Å². The fourth-order valence-corrected chi connectivity index (χ4v) is 4.64. The Morgan fingerprint density at radius 1 is 1.14 bits per heavy atom. The van der Waals surface area contributed by atoms with Gasteiger partial charge in [-0.3, -0.25) is 0 Å². The average molecular weight is 350 g/mol. The summed E-state index contributed by atoms with van der Waals surface area (Å²) in [4.78, 5) is 0. The van der Waals surface area contributed by atoms with Gasteiger partial charge in [0.1, 0.15) is 5.75 Å². The molecule has 3 unspecified atom stereocenters. The zero-order chi connectivity index (χ0) is 14.2. The third-order valence-electron chi connectivity index (χ3n) is 5.51. The maximum atomic E-state index is 6.10. The molecule has 0 saturated heterocycles. The summed E-state index contributed by atoms with van der Waals surface area (Å²) in [6.45, 7) is 1.87. The van der Waals surface area contributed by atoms with Crippen molar-refractivity contribution in [3.05, 3.63) is 28.2 Å². The van der Waals surface area contributed by atoms with Gasteiger partial charge in [-0.2, -0.15) is 0 Å². The minimum atomic E-state index is 0.762. The fourth-order valence-electron chi connectivity index (χ4n) is 4.10. The third-order valence-corrected chi connectivity index (χ3v) is 6.13. The molecule has 0 aromatic heterocycles. The van der Waals surface area contributed by atoms with Gasteiger partial charge in [-0.1, -0.05) is 12.5 Å². The Morgan fingerprint density at radius 3 is 2.71 bits per heavy atom. The van der Waals surface area contributed by atoms with Crippen molar-refractivity contribution >= 4 is 15.9 Å². The molecule has 0 radical (unpaired) electrons. The Bertz CT molecular complexity index is 514. The molecular weight excluding hydrogens is 326 g/mol. The topological polar surface area (TPSA) is 21.3 Å². The average Bonchev–Trinajstić information content (AvgIpc) is 3.09. The normalized spacial score (nSPS) is 30.8. The van der Waals surface area contributed by atoms with Crippen LogP contribution in [0.4, 0.5) is 0 Å². The van der Waals surface area contributed by atoms with E-state index in [-0.39, 0.29) is 0 Å². The highest BCUT2D eigenvalue weighted by Gasteiger charge is 2.39. The smallest absolute Gasteiger partial charge is 0.133 e. The van der Waals surface area contributed by atoms with E-state index in [1.54, 1.807) is 0 Å². The van der Waals surface area contributed by atoms with Gasteiger partial charge in [-0.05, 0) is 83.5 Å². The van der Waals surface area contributed by atoms with Crippen molar-refractivity contribution in [3.8, 4) is 5.75 Å². The Kier molecular flexibility index (Phi) is 3.97. The van der Waals surface area contributed by atoms with E-state index in [9.17, 15) is 0 Å². The number of nitrogens with one attached hydrogen (secondary N) is 1. The van der Waals surface area contributed by atoms with Crippen molar-refractivity contribution in [3.63, 3.8) is 0 Å². The summed E-state index contributed by atoms with van der Waals surface area (Å²) in [5, 5.41) is 3.55. The predicted octanol–water partition coefficient (Wildman–Crippen LogP) is 4.52. The molecule has 1 N–H and O–H groups in total. The van der Waals surface area contributed by atoms with Crippen LogP contribution in [0.1, 0.15) is 44.1 Å². The SMILES string of the molecule is Brc1cc(CNC2CC2)ccc1OCC1CC2CCC1C2. The standard InChI is InChI=1S/C18H24BrNO/c19-17-9-13(10-20-16-4-5-16)2-6-18(17)21-11-15-8-12-1-3-14(15)7-12/h2,6,9,12,14-16,20H,1,3-5,7-8,10-11H2. The van der Waals surface area contributed by atoms with Gasteiger partial charge in [-0.25, -0.2) is 0 Å². The first-order valence-corrected chi connectivity index (χ1v) is 9.22. The summed E-state index contributed by atoms with van der Waals surface area (Å²) in [6.07, 6.45) is 8.43. The summed E-state index contributed by atoms with van der Waals surface area (Å²) >= 11 is 3.67.